The highest BCUT2D eigenvalue weighted by Crippen LogP contribution is 2.27. The molecule has 3 rings (SSSR count). The van der Waals surface area contributed by atoms with Crippen LogP contribution in [0.2, 0.25) is 0 Å². The van der Waals surface area contributed by atoms with Crippen molar-refractivity contribution in [3.05, 3.63) is 63.4 Å². The molecule has 2 aromatic rings. The van der Waals surface area contributed by atoms with E-state index in [0.717, 1.165) is 35.0 Å². The van der Waals surface area contributed by atoms with E-state index in [1.54, 1.807) is 6.07 Å². The van der Waals surface area contributed by atoms with E-state index in [2.05, 4.69) is 39.4 Å². The van der Waals surface area contributed by atoms with E-state index in [9.17, 15) is 4.39 Å². The second-order valence-electron chi connectivity index (χ2n) is 5.46. The Balaban J connectivity index is 1.75. The lowest BCUT2D eigenvalue weighted by molar-refractivity contribution is 0.608. The number of rotatable bonds is 2. The third-order valence-corrected chi connectivity index (χ3v) is 4.44. The van der Waals surface area contributed by atoms with Gasteiger partial charge >= 0.3 is 0 Å². The molecule has 1 nitrogen and oxygen atoms in total. The molecule has 0 aromatic heterocycles. The molecule has 2 aromatic carbocycles. The van der Waals surface area contributed by atoms with Crippen LogP contribution in [0, 0.1) is 12.7 Å². The lowest BCUT2D eigenvalue weighted by atomic mass is 9.88. The van der Waals surface area contributed by atoms with E-state index in [-0.39, 0.29) is 5.82 Å². The van der Waals surface area contributed by atoms with Crippen molar-refractivity contribution in [3.8, 4) is 0 Å². The molecule has 1 unspecified atom stereocenters. The third-order valence-electron chi connectivity index (χ3n) is 3.94. The molecule has 1 atom stereocenters. The Bertz CT molecular complexity index is 639. The average Bonchev–Trinajstić information content (AvgIpc) is 2.42. The molecule has 0 fully saturated rings. The minimum atomic E-state index is -0.174. The Labute approximate surface area is 127 Å². The normalized spacial score (nSPS) is 17.6. The fourth-order valence-corrected chi connectivity index (χ4v) is 3.26. The van der Waals surface area contributed by atoms with Crippen molar-refractivity contribution in [3.63, 3.8) is 0 Å². The lowest BCUT2D eigenvalue weighted by Crippen LogP contribution is -2.27. The summed E-state index contributed by atoms with van der Waals surface area (Å²) in [4.78, 5) is 0. The number of hydrogen-bond acceptors (Lipinski definition) is 1. The second-order valence-corrected chi connectivity index (χ2v) is 6.37. The van der Waals surface area contributed by atoms with E-state index in [4.69, 9.17) is 0 Å². The number of nitrogens with one attached hydrogen (secondary N) is 1. The highest BCUT2D eigenvalue weighted by Gasteiger charge is 2.19. The van der Waals surface area contributed by atoms with E-state index in [1.807, 2.05) is 13.0 Å². The predicted octanol–water partition coefficient (Wildman–Crippen LogP) is 4.87. The number of aryl methyl sites for hydroxylation is 2. The van der Waals surface area contributed by atoms with Gasteiger partial charge in [-0.05, 0) is 73.2 Å². The summed E-state index contributed by atoms with van der Waals surface area (Å²) < 4.78 is 14.3. The zero-order valence-corrected chi connectivity index (χ0v) is 13.0. The number of benzene rings is 2. The Morgan fingerprint density at radius 3 is 2.80 bits per heavy atom. The SMILES string of the molecule is Cc1cc(F)ccc1NC1CCc2cc(Br)ccc2C1. The summed E-state index contributed by atoms with van der Waals surface area (Å²) >= 11 is 3.52. The van der Waals surface area contributed by atoms with Crippen LogP contribution >= 0.6 is 15.9 Å². The van der Waals surface area contributed by atoms with E-state index in [0.29, 0.717) is 6.04 Å². The van der Waals surface area contributed by atoms with Gasteiger partial charge in [-0.3, -0.25) is 0 Å². The van der Waals surface area contributed by atoms with Crippen molar-refractivity contribution in [2.24, 2.45) is 0 Å². The summed E-state index contributed by atoms with van der Waals surface area (Å²) in [5.41, 5.74) is 4.86. The highest BCUT2D eigenvalue weighted by molar-refractivity contribution is 9.10. The number of halogens is 2. The second kappa shape index (κ2) is 5.57. The molecule has 0 saturated carbocycles. The van der Waals surface area contributed by atoms with Gasteiger partial charge in [0.2, 0.25) is 0 Å². The van der Waals surface area contributed by atoms with Crippen LogP contribution in [0.1, 0.15) is 23.1 Å². The van der Waals surface area contributed by atoms with Crippen LogP contribution in [0.25, 0.3) is 0 Å². The van der Waals surface area contributed by atoms with Gasteiger partial charge in [-0.25, -0.2) is 4.39 Å². The molecule has 20 heavy (non-hydrogen) atoms. The van der Waals surface area contributed by atoms with Gasteiger partial charge in [0.15, 0.2) is 0 Å². The molecule has 1 aliphatic carbocycles. The number of hydrogen-bond donors (Lipinski definition) is 1. The summed E-state index contributed by atoms with van der Waals surface area (Å²) in [6.45, 7) is 1.94. The fraction of sp³-hybridized carbons (Fsp3) is 0.294. The van der Waals surface area contributed by atoms with Gasteiger partial charge in [0.25, 0.3) is 0 Å². The van der Waals surface area contributed by atoms with Gasteiger partial charge in [0.05, 0.1) is 0 Å². The van der Waals surface area contributed by atoms with Gasteiger partial charge in [-0.15, -0.1) is 0 Å². The highest BCUT2D eigenvalue weighted by atomic mass is 79.9. The zero-order chi connectivity index (χ0) is 14.1. The van der Waals surface area contributed by atoms with Crippen molar-refractivity contribution in [1.29, 1.82) is 0 Å². The molecule has 3 heteroatoms. The Morgan fingerprint density at radius 1 is 1.15 bits per heavy atom. The van der Waals surface area contributed by atoms with Crippen molar-refractivity contribution in [1.82, 2.24) is 0 Å². The van der Waals surface area contributed by atoms with E-state index >= 15 is 0 Å². The van der Waals surface area contributed by atoms with Gasteiger partial charge in [0, 0.05) is 16.2 Å². The van der Waals surface area contributed by atoms with Gasteiger partial charge in [0.1, 0.15) is 5.82 Å². The van der Waals surface area contributed by atoms with Crippen LogP contribution in [0.4, 0.5) is 10.1 Å². The first-order valence-corrected chi connectivity index (χ1v) is 7.71. The predicted molar refractivity (Wildman–Crippen MR) is 84.7 cm³/mol. The van der Waals surface area contributed by atoms with E-state index in [1.165, 1.54) is 17.2 Å². The average molecular weight is 334 g/mol. The lowest BCUT2D eigenvalue weighted by Gasteiger charge is -2.27. The molecular formula is C17H17BrFN. The summed E-state index contributed by atoms with van der Waals surface area (Å²) in [5, 5.41) is 3.55. The van der Waals surface area contributed by atoms with E-state index < -0.39 is 0 Å². The molecule has 1 N–H and O–H groups in total. The molecular weight excluding hydrogens is 317 g/mol. The maximum Gasteiger partial charge on any atom is 0.123 e. The molecule has 104 valence electrons. The largest absolute Gasteiger partial charge is 0.382 e. The van der Waals surface area contributed by atoms with Crippen LogP contribution in [0.15, 0.2) is 40.9 Å². The van der Waals surface area contributed by atoms with Crippen molar-refractivity contribution in [2.75, 3.05) is 5.32 Å². The number of fused-ring (bicyclic) bond motifs is 1. The quantitative estimate of drug-likeness (QED) is 0.826. The monoisotopic (exact) mass is 333 g/mol. The summed E-state index contributed by atoms with van der Waals surface area (Å²) in [6.07, 6.45) is 3.23. The minimum Gasteiger partial charge on any atom is -0.382 e. The standard InChI is InChI=1S/C17H17BrFN/c1-11-8-15(19)5-7-17(11)20-16-6-3-12-9-14(18)4-2-13(12)10-16/h2,4-5,7-9,16,20H,3,6,10H2,1H3. The summed E-state index contributed by atoms with van der Waals surface area (Å²) in [5.74, 6) is -0.174. The molecule has 0 saturated heterocycles. The van der Waals surface area contributed by atoms with Crippen LogP contribution < -0.4 is 5.32 Å². The maximum atomic E-state index is 13.1. The third kappa shape index (κ3) is 2.88. The molecule has 0 amide bonds. The van der Waals surface area contributed by atoms with Gasteiger partial charge < -0.3 is 5.32 Å². The van der Waals surface area contributed by atoms with Crippen molar-refractivity contribution in [2.45, 2.75) is 32.2 Å². The molecule has 0 bridgehead atoms. The van der Waals surface area contributed by atoms with Crippen LogP contribution in [0.5, 0.6) is 0 Å². The van der Waals surface area contributed by atoms with Gasteiger partial charge in [-0.2, -0.15) is 0 Å². The maximum absolute atomic E-state index is 13.1. The zero-order valence-electron chi connectivity index (χ0n) is 11.4. The minimum absolute atomic E-state index is 0.174. The summed E-state index contributed by atoms with van der Waals surface area (Å²) in [7, 11) is 0. The molecule has 0 aliphatic heterocycles. The Hall–Kier alpha value is -1.35. The first-order chi connectivity index (χ1) is 9.61. The van der Waals surface area contributed by atoms with Crippen LogP contribution in [0.3, 0.4) is 0 Å². The van der Waals surface area contributed by atoms with Crippen molar-refractivity contribution < 1.29 is 4.39 Å². The van der Waals surface area contributed by atoms with Crippen LogP contribution in [-0.2, 0) is 12.8 Å². The molecule has 1 aliphatic rings. The first kappa shape index (κ1) is 13.6. The Morgan fingerprint density at radius 2 is 2.00 bits per heavy atom. The first-order valence-electron chi connectivity index (χ1n) is 6.92. The van der Waals surface area contributed by atoms with Crippen molar-refractivity contribution >= 4 is 21.6 Å². The topological polar surface area (TPSA) is 12.0 Å². The molecule has 0 heterocycles. The van der Waals surface area contributed by atoms with Gasteiger partial charge in [-0.1, -0.05) is 22.0 Å². The molecule has 0 spiro atoms. The fourth-order valence-electron chi connectivity index (χ4n) is 2.86. The van der Waals surface area contributed by atoms with Crippen LogP contribution in [-0.4, -0.2) is 6.04 Å². The Kier molecular flexibility index (Phi) is 3.79. The summed E-state index contributed by atoms with van der Waals surface area (Å²) in [6, 6.07) is 11.9. The number of anilines is 1. The smallest absolute Gasteiger partial charge is 0.123 e. The molecule has 0 radical (unpaired) electrons.